The predicted molar refractivity (Wildman–Crippen MR) is 82.1 cm³/mol. The Kier molecular flexibility index (Phi) is 3.76. The Morgan fingerprint density at radius 1 is 1.40 bits per heavy atom. The summed E-state index contributed by atoms with van der Waals surface area (Å²) in [5.74, 6) is 1.88. The van der Waals surface area contributed by atoms with Gasteiger partial charge in [0.2, 0.25) is 0 Å². The number of imidazole rings is 1. The van der Waals surface area contributed by atoms with Crippen molar-refractivity contribution < 1.29 is 0 Å². The summed E-state index contributed by atoms with van der Waals surface area (Å²) in [7, 11) is 2.01. The zero-order valence-electron chi connectivity index (χ0n) is 12.6. The molecule has 1 unspecified atom stereocenters. The highest BCUT2D eigenvalue weighted by molar-refractivity contribution is 6.20. The van der Waals surface area contributed by atoms with Crippen molar-refractivity contribution in [3.8, 4) is 0 Å². The molecule has 2 aromatic heterocycles. The molecule has 2 aromatic rings. The average Bonchev–Trinajstić information content (AvgIpc) is 2.86. The van der Waals surface area contributed by atoms with Crippen LogP contribution in [0.2, 0.25) is 0 Å². The van der Waals surface area contributed by atoms with Gasteiger partial charge in [0.15, 0.2) is 5.65 Å². The van der Waals surface area contributed by atoms with Crippen molar-refractivity contribution in [1.82, 2.24) is 19.3 Å². The maximum atomic E-state index is 6.33. The largest absolute Gasteiger partial charge is 0.312 e. The summed E-state index contributed by atoms with van der Waals surface area (Å²) in [6.07, 6.45) is 6.31. The van der Waals surface area contributed by atoms with Gasteiger partial charge in [0, 0.05) is 13.6 Å². The lowest BCUT2D eigenvalue weighted by Crippen LogP contribution is -2.16. The van der Waals surface area contributed by atoms with E-state index in [1.807, 2.05) is 18.7 Å². The van der Waals surface area contributed by atoms with Crippen LogP contribution < -0.4 is 0 Å². The molecule has 110 valence electrons. The van der Waals surface area contributed by atoms with E-state index in [1.54, 1.807) is 0 Å². The summed E-state index contributed by atoms with van der Waals surface area (Å²) in [4.78, 5) is 4.77. The summed E-state index contributed by atoms with van der Waals surface area (Å²) >= 11 is 6.33. The maximum absolute atomic E-state index is 6.33. The molecule has 0 saturated heterocycles. The molecule has 1 atom stereocenters. The van der Waals surface area contributed by atoms with Gasteiger partial charge in [-0.05, 0) is 25.7 Å². The van der Waals surface area contributed by atoms with Crippen LogP contribution in [0.4, 0.5) is 0 Å². The number of hydrogen-bond acceptors (Lipinski definition) is 2. The predicted octanol–water partition coefficient (Wildman–Crippen LogP) is 3.82. The second-order valence-corrected chi connectivity index (χ2v) is 6.57. The summed E-state index contributed by atoms with van der Waals surface area (Å²) in [5, 5.41) is 4.52. The zero-order chi connectivity index (χ0) is 14.3. The molecule has 2 heterocycles. The molecular formula is C15H23ClN4. The van der Waals surface area contributed by atoms with Gasteiger partial charge in [-0.25, -0.2) is 4.98 Å². The summed E-state index contributed by atoms with van der Waals surface area (Å²) in [6.45, 7) is 5.14. The van der Waals surface area contributed by atoms with Gasteiger partial charge >= 0.3 is 0 Å². The first-order valence-electron chi connectivity index (χ1n) is 7.67. The zero-order valence-corrected chi connectivity index (χ0v) is 13.3. The molecule has 4 nitrogen and oxygen atoms in total. The standard InChI is InChI=1S/C15H23ClN4/c1-4-12-13-15(19(3)18-12)20(14(17-13)10(2)16)9-8-11-6-5-7-11/h10-11H,4-9H2,1-3H3. The van der Waals surface area contributed by atoms with E-state index >= 15 is 0 Å². The van der Waals surface area contributed by atoms with Crippen LogP contribution in [0.3, 0.4) is 0 Å². The highest BCUT2D eigenvalue weighted by Crippen LogP contribution is 2.32. The molecule has 1 saturated carbocycles. The van der Waals surface area contributed by atoms with E-state index < -0.39 is 0 Å². The van der Waals surface area contributed by atoms with E-state index in [0.29, 0.717) is 0 Å². The molecule has 0 aliphatic heterocycles. The normalized spacial score (nSPS) is 17.6. The van der Waals surface area contributed by atoms with Crippen molar-refractivity contribution in [1.29, 1.82) is 0 Å². The van der Waals surface area contributed by atoms with Crippen molar-refractivity contribution in [3.63, 3.8) is 0 Å². The number of alkyl halides is 1. The fourth-order valence-electron chi connectivity index (χ4n) is 3.11. The van der Waals surface area contributed by atoms with E-state index in [1.165, 1.54) is 25.7 Å². The van der Waals surface area contributed by atoms with Crippen LogP contribution in [0, 0.1) is 5.92 Å². The number of aryl methyl sites for hydroxylation is 3. The van der Waals surface area contributed by atoms with E-state index in [4.69, 9.17) is 16.6 Å². The molecular weight excluding hydrogens is 272 g/mol. The number of aromatic nitrogens is 4. The molecule has 0 amide bonds. The number of nitrogens with zero attached hydrogens (tertiary/aromatic N) is 4. The minimum atomic E-state index is -0.0616. The molecule has 1 aliphatic carbocycles. The average molecular weight is 295 g/mol. The maximum Gasteiger partial charge on any atom is 0.158 e. The van der Waals surface area contributed by atoms with E-state index in [0.717, 1.165) is 41.6 Å². The van der Waals surface area contributed by atoms with Crippen molar-refractivity contribution in [2.24, 2.45) is 13.0 Å². The van der Waals surface area contributed by atoms with Gasteiger partial charge in [0.05, 0.1) is 11.1 Å². The topological polar surface area (TPSA) is 35.6 Å². The Balaban J connectivity index is 2.00. The summed E-state index contributed by atoms with van der Waals surface area (Å²) < 4.78 is 4.25. The summed E-state index contributed by atoms with van der Waals surface area (Å²) in [5.41, 5.74) is 3.23. The molecule has 20 heavy (non-hydrogen) atoms. The van der Waals surface area contributed by atoms with Crippen molar-refractivity contribution in [3.05, 3.63) is 11.5 Å². The van der Waals surface area contributed by atoms with Gasteiger partial charge < -0.3 is 4.57 Å². The van der Waals surface area contributed by atoms with Gasteiger partial charge in [-0.15, -0.1) is 11.6 Å². The number of hydrogen-bond donors (Lipinski definition) is 0. The van der Waals surface area contributed by atoms with Gasteiger partial charge in [-0.2, -0.15) is 5.10 Å². The van der Waals surface area contributed by atoms with Gasteiger partial charge in [-0.3, -0.25) is 4.68 Å². The lowest BCUT2D eigenvalue weighted by Gasteiger charge is -2.25. The quantitative estimate of drug-likeness (QED) is 0.786. The van der Waals surface area contributed by atoms with Crippen LogP contribution in [-0.4, -0.2) is 19.3 Å². The van der Waals surface area contributed by atoms with Crippen LogP contribution in [0.5, 0.6) is 0 Å². The molecule has 0 radical (unpaired) electrons. The van der Waals surface area contributed by atoms with Gasteiger partial charge in [-0.1, -0.05) is 26.2 Å². The van der Waals surface area contributed by atoms with E-state index in [9.17, 15) is 0 Å². The fourth-order valence-corrected chi connectivity index (χ4v) is 3.28. The lowest BCUT2D eigenvalue weighted by molar-refractivity contribution is 0.282. The second-order valence-electron chi connectivity index (χ2n) is 5.92. The monoisotopic (exact) mass is 294 g/mol. The van der Waals surface area contributed by atoms with Crippen LogP contribution >= 0.6 is 11.6 Å². The minimum Gasteiger partial charge on any atom is -0.312 e. The minimum absolute atomic E-state index is 0.0616. The molecule has 1 fully saturated rings. The lowest BCUT2D eigenvalue weighted by atomic mass is 9.83. The molecule has 0 aromatic carbocycles. The number of halogens is 1. The van der Waals surface area contributed by atoms with Crippen molar-refractivity contribution in [2.45, 2.75) is 57.9 Å². The number of rotatable bonds is 5. The third-order valence-corrected chi connectivity index (χ3v) is 4.69. The Bertz CT molecular complexity index is 607. The van der Waals surface area contributed by atoms with Crippen LogP contribution in [0.25, 0.3) is 11.2 Å². The Hall–Kier alpha value is -1.03. The third-order valence-electron chi connectivity index (χ3n) is 4.50. The molecule has 5 heteroatoms. The Morgan fingerprint density at radius 2 is 2.15 bits per heavy atom. The molecule has 0 bridgehead atoms. The van der Waals surface area contributed by atoms with Crippen molar-refractivity contribution in [2.75, 3.05) is 0 Å². The number of fused-ring (bicyclic) bond motifs is 1. The van der Waals surface area contributed by atoms with Crippen LogP contribution in [0.1, 0.15) is 56.4 Å². The first-order valence-corrected chi connectivity index (χ1v) is 8.11. The first kappa shape index (κ1) is 13.9. The van der Waals surface area contributed by atoms with Gasteiger partial charge in [0.25, 0.3) is 0 Å². The highest BCUT2D eigenvalue weighted by atomic mass is 35.5. The van der Waals surface area contributed by atoms with Gasteiger partial charge in [0.1, 0.15) is 11.3 Å². The fraction of sp³-hybridized carbons (Fsp3) is 0.733. The Labute approximate surface area is 125 Å². The third kappa shape index (κ3) is 2.24. The SMILES string of the molecule is CCc1nn(C)c2c1nc(C(C)Cl)n2CCC1CCC1. The van der Waals surface area contributed by atoms with Crippen LogP contribution in [0.15, 0.2) is 0 Å². The molecule has 0 spiro atoms. The van der Waals surface area contributed by atoms with Crippen LogP contribution in [-0.2, 0) is 20.0 Å². The van der Waals surface area contributed by atoms with E-state index in [-0.39, 0.29) is 5.38 Å². The highest BCUT2D eigenvalue weighted by Gasteiger charge is 2.23. The first-order chi connectivity index (χ1) is 9.61. The smallest absolute Gasteiger partial charge is 0.158 e. The molecule has 3 rings (SSSR count). The van der Waals surface area contributed by atoms with Crippen molar-refractivity contribution >= 4 is 22.8 Å². The Morgan fingerprint density at radius 3 is 2.70 bits per heavy atom. The summed E-state index contributed by atoms with van der Waals surface area (Å²) in [6, 6.07) is 0. The molecule has 1 aliphatic rings. The second kappa shape index (κ2) is 5.40. The molecule has 0 N–H and O–H groups in total. The van der Waals surface area contributed by atoms with E-state index in [2.05, 4.69) is 16.6 Å².